The van der Waals surface area contributed by atoms with E-state index in [1.54, 1.807) is 0 Å². The fourth-order valence-electron chi connectivity index (χ4n) is 2.82. The van der Waals surface area contributed by atoms with Crippen LogP contribution in [0.15, 0.2) is 0 Å². The molecule has 0 aromatic carbocycles. The van der Waals surface area contributed by atoms with Crippen molar-refractivity contribution < 1.29 is 19.5 Å². The summed E-state index contributed by atoms with van der Waals surface area (Å²) in [6, 6.07) is -0.101. The number of hydrogen-bond donors (Lipinski definition) is 1. The number of carboxylic acid groups (broad SMARTS) is 1. The molecule has 1 saturated heterocycles. The van der Waals surface area contributed by atoms with Crippen LogP contribution in [-0.2, 0) is 14.4 Å². The van der Waals surface area contributed by atoms with Gasteiger partial charge in [-0.25, -0.2) is 0 Å². The first kappa shape index (κ1) is 18.5. The van der Waals surface area contributed by atoms with E-state index in [1.165, 1.54) is 11.8 Å². The molecule has 1 rings (SSSR count). The molecule has 0 saturated carbocycles. The van der Waals surface area contributed by atoms with Crippen LogP contribution in [0.4, 0.5) is 0 Å². The Kier molecular flexibility index (Phi) is 6.38. The Bertz CT molecular complexity index is 434. The van der Waals surface area contributed by atoms with Crippen LogP contribution < -0.4 is 0 Å². The zero-order valence-corrected chi connectivity index (χ0v) is 14.1. The fraction of sp³-hybridized carbons (Fsp3) is 0.812. The van der Waals surface area contributed by atoms with Crippen LogP contribution in [-0.4, -0.2) is 58.4 Å². The molecule has 0 radical (unpaired) electrons. The molecule has 126 valence electrons. The molecule has 1 fully saturated rings. The van der Waals surface area contributed by atoms with Gasteiger partial charge in [-0.2, -0.15) is 0 Å². The van der Waals surface area contributed by atoms with Gasteiger partial charge in [0.25, 0.3) is 0 Å². The number of nitrogens with zero attached hydrogens (tertiary/aromatic N) is 2. The monoisotopic (exact) mass is 312 g/mol. The van der Waals surface area contributed by atoms with Gasteiger partial charge in [0, 0.05) is 31.5 Å². The van der Waals surface area contributed by atoms with E-state index >= 15 is 0 Å². The molecule has 22 heavy (non-hydrogen) atoms. The molecule has 1 atom stereocenters. The van der Waals surface area contributed by atoms with Crippen molar-refractivity contribution in [1.82, 2.24) is 9.80 Å². The summed E-state index contributed by atoms with van der Waals surface area (Å²) in [6.07, 6.45) is 2.95. The quantitative estimate of drug-likeness (QED) is 0.838. The minimum absolute atomic E-state index is 0.101. The van der Waals surface area contributed by atoms with Gasteiger partial charge >= 0.3 is 5.97 Å². The Morgan fingerprint density at radius 1 is 1.23 bits per heavy atom. The molecule has 1 aliphatic heterocycles. The molecule has 0 aromatic heterocycles. The summed E-state index contributed by atoms with van der Waals surface area (Å²) in [6.45, 7) is 8.29. The highest BCUT2D eigenvalue weighted by atomic mass is 16.4. The van der Waals surface area contributed by atoms with Crippen molar-refractivity contribution in [2.45, 2.75) is 59.4 Å². The molecule has 0 aromatic rings. The van der Waals surface area contributed by atoms with E-state index in [1.807, 2.05) is 25.7 Å². The molecule has 2 amide bonds. The molecule has 1 N–H and O–H groups in total. The number of aliphatic carboxylic acids is 1. The van der Waals surface area contributed by atoms with Crippen LogP contribution >= 0.6 is 0 Å². The summed E-state index contributed by atoms with van der Waals surface area (Å²) >= 11 is 0. The van der Waals surface area contributed by atoms with E-state index in [2.05, 4.69) is 0 Å². The van der Waals surface area contributed by atoms with E-state index in [0.29, 0.717) is 19.5 Å². The third-order valence-electron chi connectivity index (χ3n) is 4.60. The maximum Gasteiger partial charge on any atom is 0.323 e. The van der Waals surface area contributed by atoms with Crippen LogP contribution in [0.2, 0.25) is 0 Å². The second-order valence-corrected chi connectivity index (χ2v) is 6.66. The highest BCUT2D eigenvalue weighted by molar-refractivity contribution is 5.82. The van der Waals surface area contributed by atoms with E-state index in [-0.39, 0.29) is 29.8 Å². The van der Waals surface area contributed by atoms with E-state index < -0.39 is 5.97 Å². The van der Waals surface area contributed by atoms with Crippen LogP contribution in [0.5, 0.6) is 0 Å². The minimum atomic E-state index is -1.00. The third-order valence-corrected chi connectivity index (χ3v) is 4.60. The molecule has 1 heterocycles. The van der Waals surface area contributed by atoms with Gasteiger partial charge in [-0.1, -0.05) is 20.8 Å². The maximum atomic E-state index is 12.5. The summed E-state index contributed by atoms with van der Waals surface area (Å²) in [5.74, 6) is -1.08. The molecule has 0 spiro atoms. The highest BCUT2D eigenvalue weighted by Crippen LogP contribution is 2.26. The van der Waals surface area contributed by atoms with Crippen LogP contribution in [0, 0.1) is 5.41 Å². The molecule has 6 heteroatoms. The summed E-state index contributed by atoms with van der Waals surface area (Å²) in [4.78, 5) is 38.4. The molecular formula is C16H28N2O4. The van der Waals surface area contributed by atoms with Gasteiger partial charge in [-0.15, -0.1) is 0 Å². The Balaban J connectivity index is 2.74. The number of amides is 2. The number of hydrogen-bond acceptors (Lipinski definition) is 3. The molecule has 1 aliphatic rings. The number of carboxylic acids is 1. The van der Waals surface area contributed by atoms with Crippen molar-refractivity contribution in [3.63, 3.8) is 0 Å². The molecule has 6 nitrogen and oxygen atoms in total. The first-order chi connectivity index (χ1) is 10.2. The smallest absolute Gasteiger partial charge is 0.323 e. The van der Waals surface area contributed by atoms with Gasteiger partial charge in [0.05, 0.1) is 0 Å². The van der Waals surface area contributed by atoms with E-state index in [0.717, 1.165) is 19.3 Å². The molecule has 0 bridgehead atoms. The lowest BCUT2D eigenvalue weighted by Gasteiger charge is -2.31. The average Bonchev–Trinajstić information content (AvgIpc) is 2.69. The summed E-state index contributed by atoms with van der Waals surface area (Å²) in [5.41, 5.74) is -0.374. The number of carbonyl (C=O) groups is 3. The van der Waals surface area contributed by atoms with Crippen molar-refractivity contribution in [3.8, 4) is 0 Å². The van der Waals surface area contributed by atoms with Gasteiger partial charge in [-0.05, 0) is 25.7 Å². The average molecular weight is 312 g/mol. The van der Waals surface area contributed by atoms with Gasteiger partial charge < -0.3 is 14.9 Å². The Labute approximate surface area is 132 Å². The van der Waals surface area contributed by atoms with Crippen molar-refractivity contribution in [2.75, 3.05) is 19.6 Å². The first-order valence-corrected chi connectivity index (χ1v) is 7.97. The lowest BCUT2D eigenvalue weighted by atomic mass is 9.88. The minimum Gasteiger partial charge on any atom is -0.480 e. The number of likely N-dealkylation sites (tertiary alicyclic amines) is 1. The second kappa shape index (κ2) is 7.61. The van der Waals surface area contributed by atoms with Crippen molar-refractivity contribution >= 4 is 17.8 Å². The zero-order valence-electron chi connectivity index (χ0n) is 14.1. The standard InChI is InChI=1S/C16H28N2O4/c1-5-16(3,4)15(22)17-9-6-7-13(8-10-17)18(12(2)19)11-14(20)21/h13H,5-11H2,1-4H3,(H,20,21). The van der Waals surface area contributed by atoms with Gasteiger partial charge in [-0.3, -0.25) is 14.4 Å². The molecule has 1 unspecified atom stereocenters. The molecular weight excluding hydrogens is 284 g/mol. The van der Waals surface area contributed by atoms with Crippen LogP contribution in [0.1, 0.15) is 53.4 Å². The second-order valence-electron chi connectivity index (χ2n) is 6.66. The van der Waals surface area contributed by atoms with E-state index in [9.17, 15) is 14.4 Å². The predicted molar refractivity (Wildman–Crippen MR) is 83.3 cm³/mol. The van der Waals surface area contributed by atoms with Gasteiger partial charge in [0.15, 0.2) is 0 Å². The van der Waals surface area contributed by atoms with Crippen molar-refractivity contribution in [1.29, 1.82) is 0 Å². The number of carbonyl (C=O) groups excluding carboxylic acids is 2. The Morgan fingerprint density at radius 2 is 1.86 bits per heavy atom. The summed E-state index contributed by atoms with van der Waals surface area (Å²) in [5, 5.41) is 8.95. The molecule has 0 aliphatic carbocycles. The van der Waals surface area contributed by atoms with E-state index in [4.69, 9.17) is 5.11 Å². The Hall–Kier alpha value is -1.59. The summed E-state index contributed by atoms with van der Waals surface area (Å²) < 4.78 is 0. The number of rotatable bonds is 5. The summed E-state index contributed by atoms with van der Waals surface area (Å²) in [7, 11) is 0. The largest absolute Gasteiger partial charge is 0.480 e. The fourth-order valence-corrected chi connectivity index (χ4v) is 2.82. The highest BCUT2D eigenvalue weighted by Gasteiger charge is 2.33. The lowest BCUT2D eigenvalue weighted by molar-refractivity contribution is -0.145. The van der Waals surface area contributed by atoms with Crippen molar-refractivity contribution in [3.05, 3.63) is 0 Å². The van der Waals surface area contributed by atoms with Gasteiger partial charge in [0.2, 0.25) is 11.8 Å². The third kappa shape index (κ3) is 4.71. The SMILES string of the molecule is CCC(C)(C)C(=O)N1CCCC(N(CC(=O)O)C(C)=O)CC1. The predicted octanol–water partition coefficient (Wildman–Crippen LogP) is 1.74. The Morgan fingerprint density at radius 3 is 2.36 bits per heavy atom. The van der Waals surface area contributed by atoms with Crippen LogP contribution in [0.3, 0.4) is 0 Å². The van der Waals surface area contributed by atoms with Gasteiger partial charge in [0.1, 0.15) is 6.54 Å². The first-order valence-electron chi connectivity index (χ1n) is 7.97. The zero-order chi connectivity index (χ0) is 16.9. The van der Waals surface area contributed by atoms with Crippen molar-refractivity contribution in [2.24, 2.45) is 5.41 Å². The normalized spacial score (nSPS) is 19.5. The topological polar surface area (TPSA) is 77.9 Å². The maximum absolute atomic E-state index is 12.5. The van der Waals surface area contributed by atoms with Crippen LogP contribution in [0.25, 0.3) is 0 Å². The lowest BCUT2D eigenvalue weighted by Crippen LogP contribution is -2.44.